The lowest BCUT2D eigenvalue weighted by Gasteiger charge is -2.13. The highest BCUT2D eigenvalue weighted by Crippen LogP contribution is 2.35. The second-order valence-corrected chi connectivity index (χ2v) is 6.94. The van der Waals surface area contributed by atoms with Gasteiger partial charge in [-0.2, -0.15) is 13.2 Å². The molecule has 0 unspecified atom stereocenters. The summed E-state index contributed by atoms with van der Waals surface area (Å²) in [4.78, 5) is 16.3. The van der Waals surface area contributed by atoms with E-state index >= 15 is 0 Å². The normalized spacial score (nSPS) is 11.5. The number of ether oxygens (including phenoxy) is 1. The Balaban J connectivity index is 1.70. The topological polar surface area (TPSA) is 56.1 Å². The summed E-state index contributed by atoms with van der Waals surface area (Å²) in [6.07, 6.45) is -4.65. The number of halogens is 3. The predicted octanol–water partition coefficient (Wildman–Crippen LogP) is 5.61. The molecule has 0 aliphatic rings. The highest BCUT2D eigenvalue weighted by molar-refractivity contribution is 6.05. The molecule has 0 aliphatic carbocycles. The van der Waals surface area contributed by atoms with Gasteiger partial charge in [0.05, 0.1) is 18.1 Å². The second kappa shape index (κ2) is 7.79. The summed E-state index contributed by atoms with van der Waals surface area (Å²) in [5.41, 5.74) is 2.56. The molecule has 3 aromatic carbocycles. The van der Waals surface area contributed by atoms with Crippen molar-refractivity contribution in [1.29, 1.82) is 0 Å². The standard InChI is InChI=1S/C23H18F3N3O2/c1-14-5-3-4-6-18(14)21(30)27-15-7-9-16(10-8-15)29-20-12-11-17(31-2)13-19(20)28-22(29)23(24,25)26/h3-13H,1-2H3,(H,27,30). The predicted molar refractivity (Wildman–Crippen MR) is 112 cm³/mol. The molecule has 1 N–H and O–H groups in total. The molecule has 4 rings (SSSR count). The molecule has 4 aromatic rings. The first-order valence-corrected chi connectivity index (χ1v) is 9.39. The van der Waals surface area contributed by atoms with Crippen LogP contribution < -0.4 is 10.1 Å². The second-order valence-electron chi connectivity index (χ2n) is 6.94. The molecule has 1 aromatic heterocycles. The van der Waals surface area contributed by atoms with Gasteiger partial charge in [-0.15, -0.1) is 0 Å². The molecule has 0 atom stereocenters. The maximum Gasteiger partial charge on any atom is 0.450 e. The number of hydrogen-bond acceptors (Lipinski definition) is 3. The van der Waals surface area contributed by atoms with Crippen molar-refractivity contribution in [2.45, 2.75) is 13.1 Å². The van der Waals surface area contributed by atoms with Gasteiger partial charge in [0.2, 0.25) is 5.82 Å². The molecule has 0 bridgehead atoms. The van der Waals surface area contributed by atoms with E-state index < -0.39 is 12.0 Å². The van der Waals surface area contributed by atoms with Crippen LogP contribution >= 0.6 is 0 Å². The lowest BCUT2D eigenvalue weighted by Crippen LogP contribution is -2.14. The number of nitrogens with one attached hydrogen (secondary N) is 1. The maximum absolute atomic E-state index is 13.7. The van der Waals surface area contributed by atoms with Crippen molar-refractivity contribution in [1.82, 2.24) is 9.55 Å². The zero-order valence-electron chi connectivity index (χ0n) is 16.7. The highest BCUT2D eigenvalue weighted by atomic mass is 19.4. The molecule has 0 saturated heterocycles. The molecule has 0 aliphatic heterocycles. The largest absolute Gasteiger partial charge is 0.497 e. The van der Waals surface area contributed by atoms with Crippen LogP contribution in [-0.2, 0) is 6.18 Å². The Bertz CT molecular complexity index is 1260. The molecular weight excluding hydrogens is 407 g/mol. The van der Waals surface area contributed by atoms with Crippen LogP contribution in [0.3, 0.4) is 0 Å². The van der Waals surface area contributed by atoms with Gasteiger partial charge in [0.25, 0.3) is 5.91 Å². The third-order valence-electron chi connectivity index (χ3n) is 4.89. The Kier molecular flexibility index (Phi) is 5.14. The molecule has 8 heteroatoms. The Morgan fingerprint density at radius 3 is 2.39 bits per heavy atom. The van der Waals surface area contributed by atoms with Crippen molar-refractivity contribution in [2.75, 3.05) is 12.4 Å². The molecule has 31 heavy (non-hydrogen) atoms. The van der Waals surface area contributed by atoms with Crippen molar-refractivity contribution in [3.05, 3.63) is 83.7 Å². The fraction of sp³-hybridized carbons (Fsp3) is 0.130. The average molecular weight is 425 g/mol. The van der Waals surface area contributed by atoms with Gasteiger partial charge in [0.15, 0.2) is 0 Å². The highest BCUT2D eigenvalue weighted by Gasteiger charge is 2.38. The van der Waals surface area contributed by atoms with Crippen LogP contribution in [0.5, 0.6) is 5.75 Å². The minimum atomic E-state index is -4.65. The van der Waals surface area contributed by atoms with Gasteiger partial charge >= 0.3 is 6.18 Å². The van der Waals surface area contributed by atoms with E-state index in [0.717, 1.165) is 10.1 Å². The first-order valence-electron chi connectivity index (χ1n) is 9.39. The first-order chi connectivity index (χ1) is 14.8. The molecule has 1 heterocycles. The molecule has 0 saturated carbocycles. The number of fused-ring (bicyclic) bond motifs is 1. The smallest absolute Gasteiger partial charge is 0.450 e. The monoisotopic (exact) mass is 425 g/mol. The average Bonchev–Trinajstić information content (AvgIpc) is 3.14. The lowest BCUT2D eigenvalue weighted by atomic mass is 10.1. The van der Waals surface area contributed by atoms with Crippen molar-refractivity contribution in [3.63, 3.8) is 0 Å². The Morgan fingerprint density at radius 1 is 1.03 bits per heavy atom. The number of carbonyl (C=O) groups is 1. The number of hydrogen-bond donors (Lipinski definition) is 1. The van der Waals surface area contributed by atoms with Gasteiger partial charge in [-0.1, -0.05) is 18.2 Å². The van der Waals surface area contributed by atoms with Crippen LogP contribution in [0.25, 0.3) is 16.7 Å². The number of aromatic nitrogens is 2. The number of methoxy groups -OCH3 is 1. The number of aryl methyl sites for hydroxylation is 1. The van der Waals surface area contributed by atoms with Crippen molar-refractivity contribution in [2.24, 2.45) is 0 Å². The van der Waals surface area contributed by atoms with Gasteiger partial charge < -0.3 is 10.1 Å². The summed E-state index contributed by atoms with van der Waals surface area (Å²) in [6.45, 7) is 1.83. The minimum Gasteiger partial charge on any atom is -0.497 e. The number of alkyl halides is 3. The molecule has 1 amide bonds. The van der Waals surface area contributed by atoms with Crippen LogP contribution in [0.2, 0.25) is 0 Å². The first kappa shape index (κ1) is 20.5. The maximum atomic E-state index is 13.7. The number of rotatable bonds is 4. The van der Waals surface area contributed by atoms with E-state index in [4.69, 9.17) is 4.74 Å². The van der Waals surface area contributed by atoms with E-state index in [1.807, 2.05) is 19.1 Å². The quantitative estimate of drug-likeness (QED) is 0.462. The van der Waals surface area contributed by atoms with Gasteiger partial charge in [-0.25, -0.2) is 4.98 Å². The van der Waals surface area contributed by atoms with Crippen LogP contribution in [-0.4, -0.2) is 22.6 Å². The molecule has 0 spiro atoms. The van der Waals surface area contributed by atoms with Gasteiger partial charge in [-0.05, 0) is 55.0 Å². The molecule has 0 radical (unpaired) electrons. The van der Waals surface area contributed by atoms with Crippen LogP contribution in [0.4, 0.5) is 18.9 Å². The van der Waals surface area contributed by atoms with Gasteiger partial charge in [0, 0.05) is 23.0 Å². The number of imidazole rings is 1. The molecule has 0 fully saturated rings. The minimum absolute atomic E-state index is 0.170. The fourth-order valence-corrected chi connectivity index (χ4v) is 3.36. The third-order valence-corrected chi connectivity index (χ3v) is 4.89. The third kappa shape index (κ3) is 3.96. The number of benzene rings is 3. The summed E-state index contributed by atoms with van der Waals surface area (Å²) < 4.78 is 47.1. The van der Waals surface area contributed by atoms with Crippen LogP contribution in [0.15, 0.2) is 66.7 Å². The number of carbonyl (C=O) groups excluding carboxylic acids is 1. The zero-order chi connectivity index (χ0) is 22.2. The van der Waals surface area contributed by atoms with Crippen LogP contribution in [0.1, 0.15) is 21.7 Å². The summed E-state index contributed by atoms with van der Waals surface area (Å²) in [6, 6.07) is 17.8. The Labute approximate surface area is 176 Å². The van der Waals surface area contributed by atoms with Crippen molar-refractivity contribution >= 4 is 22.6 Å². The van der Waals surface area contributed by atoms with Crippen molar-refractivity contribution in [3.8, 4) is 11.4 Å². The summed E-state index contributed by atoms with van der Waals surface area (Å²) in [5, 5.41) is 2.77. The van der Waals surface area contributed by atoms with E-state index in [0.29, 0.717) is 22.5 Å². The molecule has 158 valence electrons. The Morgan fingerprint density at radius 2 is 1.74 bits per heavy atom. The summed E-state index contributed by atoms with van der Waals surface area (Å²) in [7, 11) is 1.44. The Hall–Kier alpha value is -3.81. The van der Waals surface area contributed by atoms with Crippen LogP contribution in [0, 0.1) is 6.92 Å². The molecule has 5 nitrogen and oxygen atoms in total. The molecular formula is C23H18F3N3O2. The number of nitrogens with zero attached hydrogens (tertiary/aromatic N) is 2. The van der Waals surface area contributed by atoms with E-state index in [-0.39, 0.29) is 17.1 Å². The lowest BCUT2D eigenvalue weighted by molar-refractivity contribution is -0.145. The van der Waals surface area contributed by atoms with Gasteiger partial charge in [-0.3, -0.25) is 9.36 Å². The summed E-state index contributed by atoms with van der Waals surface area (Å²) in [5.74, 6) is -0.908. The van der Waals surface area contributed by atoms with E-state index in [1.165, 1.54) is 31.4 Å². The zero-order valence-corrected chi connectivity index (χ0v) is 16.7. The summed E-state index contributed by atoms with van der Waals surface area (Å²) >= 11 is 0. The van der Waals surface area contributed by atoms with Crippen molar-refractivity contribution < 1.29 is 22.7 Å². The SMILES string of the molecule is COc1ccc2c(c1)nc(C(F)(F)F)n2-c1ccc(NC(=O)c2ccccc2C)cc1. The fourth-order valence-electron chi connectivity index (χ4n) is 3.36. The number of amides is 1. The van der Waals surface area contributed by atoms with Gasteiger partial charge in [0.1, 0.15) is 5.75 Å². The van der Waals surface area contributed by atoms with E-state index in [1.54, 1.807) is 30.3 Å². The van der Waals surface area contributed by atoms with E-state index in [2.05, 4.69) is 10.3 Å². The number of anilines is 1. The van der Waals surface area contributed by atoms with E-state index in [9.17, 15) is 18.0 Å².